The molecule has 0 amide bonds. The topological polar surface area (TPSA) is 153 Å². The molecule has 0 radical (unpaired) electrons. The van der Waals surface area contributed by atoms with Gasteiger partial charge in [0.25, 0.3) is 0 Å². The summed E-state index contributed by atoms with van der Waals surface area (Å²) >= 11 is 0. The zero-order valence-electron chi connectivity index (χ0n) is 28.5. The molecule has 5 heterocycles. The van der Waals surface area contributed by atoms with E-state index in [4.69, 9.17) is 24.2 Å². The predicted molar refractivity (Wildman–Crippen MR) is 177 cm³/mol. The van der Waals surface area contributed by atoms with Gasteiger partial charge in [0.05, 0.1) is 49.2 Å². The van der Waals surface area contributed by atoms with Crippen LogP contribution in [-0.2, 0) is 30.8 Å². The number of methoxy groups -OCH3 is 3. The van der Waals surface area contributed by atoms with Crippen LogP contribution in [0.5, 0.6) is 0 Å². The maximum Gasteiger partial charge on any atom is 0.341 e. The quantitative estimate of drug-likeness (QED) is 0.218. The number of aryl methyl sites for hydroxylation is 3. The van der Waals surface area contributed by atoms with E-state index in [0.29, 0.717) is 41.0 Å². The van der Waals surface area contributed by atoms with E-state index in [2.05, 4.69) is 16.9 Å². The zero-order valence-corrected chi connectivity index (χ0v) is 28.5. The standard InChI is InChI=1S/C36H42N4O7/c1-10-20-17(3)22-14-23-18(4)21(12-13-28(41)45-7)31(39-23)30(35(44)47-9)32-29(34(43)46-8)19(5)24(40-32)15-26-33(42)36(6,11-2)27(38-26)16-25(20)37-22/h14-16,18,21,37,40H,10-13H2,1-9H3/t18-,21-,36?/m0/s1. The van der Waals surface area contributed by atoms with E-state index >= 15 is 0 Å². The SMILES string of the molecule is CCc1c(C)c2cc3nc(c(C(=O)OC)c4[nH]c(cc5nc(cc1[nH]2)C(C)(CC)C5=O)c(C)c4C(=O)OC)[C@@H](CCC(=O)OC)[C@@H]3C. The molecule has 8 bridgehead atoms. The average molecular weight is 643 g/mol. The summed E-state index contributed by atoms with van der Waals surface area (Å²) in [6, 6.07) is 5.55. The molecule has 3 aromatic rings. The van der Waals surface area contributed by atoms with E-state index in [1.807, 2.05) is 39.8 Å². The van der Waals surface area contributed by atoms with Gasteiger partial charge in [-0.25, -0.2) is 14.6 Å². The first-order chi connectivity index (χ1) is 22.3. The van der Waals surface area contributed by atoms with Crippen LogP contribution in [0, 0.1) is 13.8 Å². The van der Waals surface area contributed by atoms with Crippen LogP contribution in [0.1, 0.15) is 124 Å². The van der Waals surface area contributed by atoms with Crippen LogP contribution >= 0.6 is 0 Å². The number of Topliss-reactive ketones (excluding diaryl/α,β-unsaturated/α-hetero) is 1. The van der Waals surface area contributed by atoms with Crippen LogP contribution in [-0.4, -0.2) is 65.0 Å². The third kappa shape index (κ3) is 5.51. The lowest BCUT2D eigenvalue weighted by Gasteiger charge is -2.19. The Morgan fingerprint density at radius 2 is 1.53 bits per heavy atom. The second kappa shape index (κ2) is 12.8. The number of aromatic nitrogens is 4. The first-order valence-electron chi connectivity index (χ1n) is 15.9. The largest absolute Gasteiger partial charge is 0.469 e. The second-order valence-electron chi connectivity index (χ2n) is 12.4. The van der Waals surface area contributed by atoms with E-state index in [9.17, 15) is 19.2 Å². The lowest BCUT2D eigenvalue weighted by Crippen LogP contribution is -2.27. The highest BCUT2D eigenvalue weighted by atomic mass is 16.5. The molecule has 3 aromatic heterocycles. The fourth-order valence-electron chi connectivity index (χ4n) is 6.83. The number of carbonyl (C=O) groups is 4. The number of hydrogen-bond donors (Lipinski definition) is 2. The van der Waals surface area contributed by atoms with Gasteiger partial charge in [0.1, 0.15) is 11.3 Å². The Hall–Kier alpha value is -4.80. The lowest BCUT2D eigenvalue weighted by atomic mass is 9.80. The first kappa shape index (κ1) is 33.6. The van der Waals surface area contributed by atoms with Crippen molar-refractivity contribution in [3.05, 3.63) is 68.8 Å². The Morgan fingerprint density at radius 1 is 0.872 bits per heavy atom. The molecule has 0 aromatic carbocycles. The highest BCUT2D eigenvalue weighted by Crippen LogP contribution is 2.43. The van der Waals surface area contributed by atoms with E-state index < -0.39 is 23.3 Å². The van der Waals surface area contributed by atoms with Gasteiger partial charge in [-0.1, -0.05) is 20.8 Å². The number of nitrogens with one attached hydrogen (secondary N) is 2. The fourth-order valence-corrected chi connectivity index (χ4v) is 6.83. The maximum absolute atomic E-state index is 14.0. The Kier molecular flexibility index (Phi) is 9.12. The smallest absolute Gasteiger partial charge is 0.341 e. The molecular weight excluding hydrogens is 600 g/mol. The summed E-state index contributed by atoms with van der Waals surface area (Å²) in [5, 5.41) is 0. The molecule has 2 N–H and O–H groups in total. The summed E-state index contributed by atoms with van der Waals surface area (Å²) in [5.41, 5.74) is 6.09. The summed E-state index contributed by atoms with van der Waals surface area (Å²) in [7, 11) is 3.85. The van der Waals surface area contributed by atoms with E-state index in [0.717, 1.165) is 28.6 Å². The van der Waals surface area contributed by atoms with Crippen LogP contribution in [0.4, 0.5) is 0 Å². The van der Waals surface area contributed by atoms with Crippen molar-refractivity contribution < 1.29 is 33.4 Å². The number of fused-ring (bicyclic) bond motifs is 8. The molecule has 11 nitrogen and oxygen atoms in total. The van der Waals surface area contributed by atoms with Crippen molar-refractivity contribution in [3.63, 3.8) is 0 Å². The van der Waals surface area contributed by atoms with E-state index in [1.165, 1.54) is 21.3 Å². The molecule has 0 saturated carbocycles. The van der Waals surface area contributed by atoms with Crippen molar-refractivity contribution in [1.82, 2.24) is 19.9 Å². The van der Waals surface area contributed by atoms with Crippen molar-refractivity contribution in [1.29, 1.82) is 0 Å². The molecule has 248 valence electrons. The van der Waals surface area contributed by atoms with Gasteiger partial charge in [0.15, 0.2) is 5.78 Å². The average Bonchev–Trinajstić information content (AvgIpc) is 3.72. The Balaban J connectivity index is 2.04. The number of H-pyrrole nitrogens is 2. The molecule has 0 aliphatic carbocycles. The second-order valence-corrected chi connectivity index (χ2v) is 12.4. The normalized spacial score (nSPS) is 19.0. The third-order valence-corrected chi connectivity index (χ3v) is 10.0. The molecule has 2 aliphatic rings. The van der Waals surface area contributed by atoms with Gasteiger partial charge >= 0.3 is 17.9 Å². The summed E-state index contributed by atoms with van der Waals surface area (Å²) < 4.78 is 15.4. The number of aromatic amines is 2. The van der Waals surface area contributed by atoms with Gasteiger partial charge < -0.3 is 24.2 Å². The van der Waals surface area contributed by atoms with Gasteiger partial charge in [-0.2, -0.15) is 0 Å². The molecule has 5 rings (SSSR count). The van der Waals surface area contributed by atoms with Crippen molar-refractivity contribution >= 4 is 45.8 Å². The molecule has 2 aliphatic heterocycles. The van der Waals surface area contributed by atoms with Gasteiger partial charge in [0.2, 0.25) is 0 Å². The number of carbonyl (C=O) groups excluding carboxylic acids is 4. The summed E-state index contributed by atoms with van der Waals surface area (Å²) in [6.07, 6.45) is 1.70. The minimum atomic E-state index is -0.869. The van der Waals surface area contributed by atoms with Gasteiger partial charge in [-0.15, -0.1) is 0 Å². The Morgan fingerprint density at radius 3 is 2.15 bits per heavy atom. The number of hydrogen-bond acceptors (Lipinski definition) is 9. The van der Waals surface area contributed by atoms with Crippen LogP contribution < -0.4 is 0 Å². The molecule has 1 unspecified atom stereocenters. The minimum Gasteiger partial charge on any atom is -0.469 e. The van der Waals surface area contributed by atoms with Crippen molar-refractivity contribution in [2.24, 2.45) is 0 Å². The predicted octanol–water partition coefficient (Wildman–Crippen LogP) is 6.46. The fraction of sp³-hybridized carbons (Fsp3) is 0.444. The molecular formula is C36H42N4O7. The van der Waals surface area contributed by atoms with Crippen molar-refractivity contribution in [2.75, 3.05) is 21.3 Å². The Bertz CT molecular complexity index is 1970. The summed E-state index contributed by atoms with van der Waals surface area (Å²) in [4.78, 5) is 70.0. The number of ketones is 1. The van der Waals surface area contributed by atoms with Gasteiger partial charge in [-0.05, 0) is 74.9 Å². The molecule has 47 heavy (non-hydrogen) atoms. The van der Waals surface area contributed by atoms with E-state index in [-0.39, 0.29) is 46.4 Å². The summed E-state index contributed by atoms with van der Waals surface area (Å²) in [6.45, 7) is 11.7. The molecule has 0 fully saturated rings. The monoisotopic (exact) mass is 642 g/mol. The molecule has 0 spiro atoms. The number of ether oxygens (including phenoxy) is 3. The first-order valence-corrected chi connectivity index (χ1v) is 15.9. The van der Waals surface area contributed by atoms with E-state index in [1.54, 1.807) is 13.0 Å². The highest BCUT2D eigenvalue weighted by molar-refractivity contribution is 6.10. The zero-order chi connectivity index (χ0) is 34.4. The van der Waals surface area contributed by atoms with Crippen LogP contribution in [0.2, 0.25) is 0 Å². The van der Waals surface area contributed by atoms with Gasteiger partial charge in [-0.3, -0.25) is 14.6 Å². The van der Waals surface area contributed by atoms with Crippen molar-refractivity contribution in [2.45, 2.75) is 84.5 Å². The lowest BCUT2D eigenvalue weighted by molar-refractivity contribution is -0.140. The van der Waals surface area contributed by atoms with Crippen LogP contribution in [0.15, 0.2) is 18.2 Å². The third-order valence-electron chi connectivity index (χ3n) is 10.0. The molecule has 11 heteroatoms. The van der Waals surface area contributed by atoms with Crippen molar-refractivity contribution in [3.8, 4) is 0 Å². The highest BCUT2D eigenvalue weighted by Gasteiger charge is 2.41. The maximum atomic E-state index is 14.0. The van der Waals surface area contributed by atoms with Crippen LogP contribution in [0.3, 0.4) is 0 Å². The van der Waals surface area contributed by atoms with Gasteiger partial charge in [0, 0.05) is 40.5 Å². The summed E-state index contributed by atoms with van der Waals surface area (Å²) in [5.74, 6) is -2.55. The minimum absolute atomic E-state index is 0.0460. The molecule has 0 saturated heterocycles. The van der Waals surface area contributed by atoms with Crippen LogP contribution in [0.25, 0.3) is 22.1 Å². The number of esters is 3. The number of rotatable bonds is 7. The number of nitrogens with zero attached hydrogens (tertiary/aromatic N) is 2. The molecule has 3 atom stereocenters. The Labute approximate surface area is 273 Å².